The van der Waals surface area contributed by atoms with Crippen LogP contribution in [0.3, 0.4) is 0 Å². The molecule has 0 atom stereocenters. The molecule has 0 fully saturated rings. The normalized spacial score (nSPS) is 11.1. The molecule has 5 nitrogen and oxygen atoms in total. The summed E-state index contributed by atoms with van der Waals surface area (Å²) >= 11 is 1.60. The van der Waals surface area contributed by atoms with Crippen LogP contribution < -0.4 is 0 Å². The van der Waals surface area contributed by atoms with Crippen LogP contribution in [-0.4, -0.2) is 25.2 Å². The summed E-state index contributed by atoms with van der Waals surface area (Å²) in [5.41, 5.74) is 8.32. The van der Waals surface area contributed by atoms with E-state index >= 15 is 0 Å². The average molecular weight is 361 g/mol. The van der Waals surface area contributed by atoms with Crippen LogP contribution in [0.25, 0.3) is 26.8 Å². The van der Waals surface area contributed by atoms with E-state index in [0.717, 1.165) is 26.8 Å². The van der Waals surface area contributed by atoms with Crippen molar-refractivity contribution in [2.45, 2.75) is 27.7 Å². The summed E-state index contributed by atoms with van der Waals surface area (Å²) in [4.78, 5) is 5.99. The van der Waals surface area contributed by atoms with Gasteiger partial charge < -0.3 is 0 Å². The highest BCUT2D eigenvalue weighted by molar-refractivity contribution is 7.18. The Balaban J connectivity index is 1.93. The first-order valence-corrected chi connectivity index (χ1v) is 9.24. The number of benzene rings is 2. The van der Waals surface area contributed by atoms with Crippen molar-refractivity contribution >= 4 is 11.3 Å². The molecule has 0 bridgehead atoms. The molecule has 0 N–H and O–H groups in total. The van der Waals surface area contributed by atoms with E-state index in [2.05, 4.69) is 79.6 Å². The molecule has 4 rings (SSSR count). The molecule has 0 saturated heterocycles. The second kappa shape index (κ2) is 6.46. The summed E-state index contributed by atoms with van der Waals surface area (Å²) in [6.07, 6.45) is 1.58. The summed E-state index contributed by atoms with van der Waals surface area (Å²) in [7, 11) is 0. The number of hydrogen-bond acceptors (Lipinski definition) is 5. The molecule has 0 aliphatic heterocycles. The highest BCUT2D eigenvalue weighted by atomic mass is 32.1. The number of aryl methyl sites for hydroxylation is 4. The molecule has 4 aromatic rings. The van der Waals surface area contributed by atoms with Crippen LogP contribution in [0.1, 0.15) is 22.3 Å². The van der Waals surface area contributed by atoms with Crippen LogP contribution in [0.4, 0.5) is 0 Å². The third kappa shape index (κ3) is 2.93. The first-order valence-electron chi connectivity index (χ1n) is 8.42. The lowest BCUT2D eigenvalue weighted by molar-refractivity contribution is 0.784. The van der Waals surface area contributed by atoms with Crippen molar-refractivity contribution in [2.24, 2.45) is 0 Å². The van der Waals surface area contributed by atoms with Gasteiger partial charge in [0.15, 0.2) is 0 Å². The first kappa shape index (κ1) is 16.6. The quantitative estimate of drug-likeness (QED) is 0.531. The number of rotatable bonds is 3. The van der Waals surface area contributed by atoms with Crippen LogP contribution in [0.2, 0.25) is 0 Å². The van der Waals surface area contributed by atoms with E-state index in [1.807, 2.05) is 0 Å². The van der Waals surface area contributed by atoms with Crippen molar-refractivity contribution in [2.75, 3.05) is 0 Å². The summed E-state index contributed by atoms with van der Waals surface area (Å²) in [5.74, 6) is 0. The highest BCUT2D eigenvalue weighted by Gasteiger charge is 2.17. The fourth-order valence-corrected chi connectivity index (χ4v) is 3.82. The predicted octanol–water partition coefficient (Wildman–Crippen LogP) is 4.69. The lowest BCUT2D eigenvalue weighted by atomic mass is 10.00. The van der Waals surface area contributed by atoms with Crippen molar-refractivity contribution in [3.63, 3.8) is 0 Å². The van der Waals surface area contributed by atoms with Crippen molar-refractivity contribution in [3.05, 3.63) is 65.0 Å². The van der Waals surface area contributed by atoms with Gasteiger partial charge in [0.25, 0.3) is 0 Å². The predicted molar refractivity (Wildman–Crippen MR) is 105 cm³/mol. The van der Waals surface area contributed by atoms with Gasteiger partial charge in [-0.1, -0.05) is 41.7 Å². The Bertz CT molecular complexity index is 1010. The summed E-state index contributed by atoms with van der Waals surface area (Å²) in [6, 6.07) is 13.0. The van der Waals surface area contributed by atoms with Crippen LogP contribution >= 0.6 is 11.3 Å². The first-order chi connectivity index (χ1) is 12.5. The van der Waals surface area contributed by atoms with Gasteiger partial charge in [-0.05, 0) is 72.0 Å². The minimum Gasteiger partial charge on any atom is -0.217 e. The van der Waals surface area contributed by atoms with E-state index in [9.17, 15) is 0 Å². The second-order valence-electron chi connectivity index (χ2n) is 6.53. The third-order valence-corrected chi connectivity index (χ3v) is 5.80. The average Bonchev–Trinajstić information content (AvgIpc) is 3.29. The molecule has 0 radical (unpaired) electrons. The molecular weight excluding hydrogens is 342 g/mol. The number of hydrogen-bond donors (Lipinski definition) is 0. The number of thiazole rings is 1. The Morgan fingerprint density at radius 3 is 2.08 bits per heavy atom. The maximum absolute atomic E-state index is 4.86. The molecule has 0 unspecified atom stereocenters. The molecular formula is C20H19N5S. The van der Waals surface area contributed by atoms with Crippen LogP contribution in [-0.2, 0) is 0 Å². The Kier molecular flexibility index (Phi) is 4.12. The van der Waals surface area contributed by atoms with Gasteiger partial charge in [0.05, 0.1) is 10.6 Å². The van der Waals surface area contributed by atoms with Crippen molar-refractivity contribution in [1.82, 2.24) is 25.2 Å². The van der Waals surface area contributed by atoms with E-state index in [4.69, 9.17) is 4.98 Å². The van der Waals surface area contributed by atoms with Gasteiger partial charge in [0, 0.05) is 5.56 Å². The van der Waals surface area contributed by atoms with Gasteiger partial charge in [-0.15, -0.1) is 5.10 Å². The van der Waals surface area contributed by atoms with Crippen LogP contribution in [0.5, 0.6) is 0 Å². The fourth-order valence-electron chi connectivity index (χ4n) is 2.82. The zero-order chi connectivity index (χ0) is 18.3. The smallest absolute Gasteiger partial charge is 0.214 e. The SMILES string of the molecule is Cc1ccc(-c2nc(-n3cnnn3)sc2-c2ccc(C)c(C)c2)cc1C. The minimum absolute atomic E-state index is 0.761. The fraction of sp³-hybridized carbons (Fsp3) is 0.200. The monoisotopic (exact) mass is 361 g/mol. The molecule has 26 heavy (non-hydrogen) atoms. The Hall–Kier alpha value is -2.86. The zero-order valence-electron chi connectivity index (χ0n) is 15.2. The zero-order valence-corrected chi connectivity index (χ0v) is 16.0. The van der Waals surface area contributed by atoms with E-state index in [0.29, 0.717) is 0 Å². The Morgan fingerprint density at radius 2 is 1.46 bits per heavy atom. The molecule has 0 saturated carbocycles. The Labute approximate surface area is 156 Å². The van der Waals surface area contributed by atoms with Gasteiger partial charge in [-0.25, -0.2) is 4.98 Å². The lowest BCUT2D eigenvalue weighted by Gasteiger charge is -2.07. The minimum atomic E-state index is 0.761. The summed E-state index contributed by atoms with van der Waals surface area (Å²) in [6.45, 7) is 8.51. The summed E-state index contributed by atoms with van der Waals surface area (Å²) < 4.78 is 1.61. The van der Waals surface area contributed by atoms with Gasteiger partial charge in [-0.3, -0.25) is 0 Å². The molecule has 0 spiro atoms. The van der Waals surface area contributed by atoms with E-state index in [1.165, 1.54) is 22.3 Å². The molecule has 0 amide bonds. The number of aromatic nitrogens is 5. The topological polar surface area (TPSA) is 56.5 Å². The Morgan fingerprint density at radius 1 is 0.808 bits per heavy atom. The molecule has 2 aromatic heterocycles. The number of tetrazole rings is 1. The molecule has 0 aliphatic rings. The van der Waals surface area contributed by atoms with E-state index in [1.54, 1.807) is 22.3 Å². The molecule has 0 aliphatic carbocycles. The van der Waals surface area contributed by atoms with Crippen LogP contribution in [0.15, 0.2) is 42.7 Å². The van der Waals surface area contributed by atoms with Gasteiger partial charge in [0.2, 0.25) is 5.13 Å². The third-order valence-electron chi connectivity index (χ3n) is 4.71. The maximum Gasteiger partial charge on any atom is 0.214 e. The van der Waals surface area contributed by atoms with Crippen molar-refractivity contribution in [3.8, 4) is 26.8 Å². The lowest BCUT2D eigenvalue weighted by Crippen LogP contribution is -1.94. The largest absolute Gasteiger partial charge is 0.217 e. The van der Waals surface area contributed by atoms with E-state index in [-0.39, 0.29) is 0 Å². The molecule has 2 heterocycles. The van der Waals surface area contributed by atoms with Gasteiger partial charge in [-0.2, -0.15) is 4.68 Å². The highest BCUT2D eigenvalue weighted by Crippen LogP contribution is 2.39. The second-order valence-corrected chi connectivity index (χ2v) is 7.50. The van der Waals surface area contributed by atoms with Gasteiger partial charge in [0.1, 0.15) is 6.33 Å². The van der Waals surface area contributed by atoms with E-state index < -0.39 is 0 Å². The molecule has 130 valence electrons. The van der Waals surface area contributed by atoms with Gasteiger partial charge >= 0.3 is 0 Å². The van der Waals surface area contributed by atoms with Crippen molar-refractivity contribution < 1.29 is 0 Å². The standard InChI is InChI=1S/C20H19N5S/c1-12-5-7-16(9-14(12)3)18-19(17-8-6-13(2)15(4)10-17)26-20(22-18)25-11-21-23-24-25/h5-11H,1-4H3. The maximum atomic E-state index is 4.86. The van der Waals surface area contributed by atoms with Crippen LogP contribution in [0, 0.1) is 27.7 Å². The summed E-state index contributed by atoms with van der Waals surface area (Å²) in [5, 5.41) is 12.2. The molecule has 2 aromatic carbocycles. The molecule has 6 heteroatoms. The number of nitrogens with zero attached hydrogens (tertiary/aromatic N) is 5. The van der Waals surface area contributed by atoms with Crippen molar-refractivity contribution in [1.29, 1.82) is 0 Å².